The van der Waals surface area contributed by atoms with E-state index in [0.717, 1.165) is 22.8 Å². The van der Waals surface area contributed by atoms with Crippen molar-refractivity contribution in [1.82, 2.24) is 9.55 Å². The Bertz CT molecular complexity index is 647. The van der Waals surface area contributed by atoms with Crippen LogP contribution in [-0.2, 0) is 11.2 Å². The van der Waals surface area contributed by atoms with Crippen LogP contribution in [0.1, 0.15) is 22.8 Å². The van der Waals surface area contributed by atoms with Crippen LogP contribution < -0.4 is 0 Å². The first kappa shape index (κ1) is 13.6. The number of aromatic nitrogens is 2. The second-order valence-electron chi connectivity index (χ2n) is 4.53. The Balaban J connectivity index is 2.67. The molecule has 0 spiro atoms. The molecule has 2 aromatic rings. The van der Waals surface area contributed by atoms with Gasteiger partial charge in [0.25, 0.3) is 0 Å². The molecule has 0 aliphatic heterocycles. The maximum absolute atomic E-state index is 11.0. The van der Waals surface area contributed by atoms with E-state index in [9.17, 15) is 4.79 Å². The number of aliphatic carboxylic acids is 1. The van der Waals surface area contributed by atoms with Crippen molar-refractivity contribution in [2.45, 2.75) is 27.2 Å². The lowest BCUT2D eigenvalue weighted by Crippen LogP contribution is -2.10. The Hall–Kier alpha value is -1.81. The number of imidazole rings is 1. The fourth-order valence-electron chi connectivity index (χ4n) is 2.21. The molecule has 0 bridgehead atoms. The van der Waals surface area contributed by atoms with Crippen LogP contribution in [0.4, 0.5) is 0 Å². The number of rotatable bonds is 3. The summed E-state index contributed by atoms with van der Waals surface area (Å²) in [6, 6.07) is 5.56. The van der Waals surface area contributed by atoms with Crippen LogP contribution in [0.5, 0.6) is 0 Å². The van der Waals surface area contributed by atoms with E-state index in [1.165, 1.54) is 0 Å². The predicted octanol–water partition coefficient (Wildman–Crippen LogP) is 3.08. The summed E-state index contributed by atoms with van der Waals surface area (Å²) in [5.74, 6) is -0.108. The Morgan fingerprint density at radius 3 is 2.68 bits per heavy atom. The molecule has 100 valence electrons. The molecule has 0 radical (unpaired) electrons. The largest absolute Gasteiger partial charge is 0.481 e. The smallest absolute Gasteiger partial charge is 0.309 e. The van der Waals surface area contributed by atoms with E-state index in [0.29, 0.717) is 10.7 Å². The first-order valence-corrected chi connectivity index (χ1v) is 6.31. The number of halogens is 1. The minimum atomic E-state index is -0.871. The van der Waals surface area contributed by atoms with Gasteiger partial charge in [-0.05, 0) is 38.5 Å². The molecule has 5 heteroatoms. The van der Waals surface area contributed by atoms with Gasteiger partial charge in [-0.15, -0.1) is 0 Å². The number of nitrogens with zero attached hydrogens (tertiary/aromatic N) is 2. The van der Waals surface area contributed by atoms with Gasteiger partial charge in [-0.25, -0.2) is 4.98 Å². The van der Waals surface area contributed by atoms with Crippen LogP contribution in [0.2, 0.25) is 5.02 Å². The van der Waals surface area contributed by atoms with Crippen molar-refractivity contribution < 1.29 is 9.90 Å². The monoisotopic (exact) mass is 278 g/mol. The summed E-state index contributed by atoms with van der Waals surface area (Å²) >= 11 is 6.03. The summed E-state index contributed by atoms with van der Waals surface area (Å²) in [6.07, 6.45) is -0.0569. The van der Waals surface area contributed by atoms with E-state index < -0.39 is 5.97 Å². The minimum Gasteiger partial charge on any atom is -0.481 e. The molecule has 0 aliphatic carbocycles. The molecule has 0 fully saturated rings. The molecule has 0 amide bonds. The van der Waals surface area contributed by atoms with Gasteiger partial charge < -0.3 is 5.11 Å². The van der Waals surface area contributed by atoms with Crippen molar-refractivity contribution in [1.29, 1.82) is 0 Å². The first-order chi connectivity index (χ1) is 8.90. The van der Waals surface area contributed by atoms with E-state index in [1.54, 1.807) is 0 Å². The lowest BCUT2D eigenvalue weighted by molar-refractivity contribution is -0.136. The van der Waals surface area contributed by atoms with E-state index in [1.807, 2.05) is 43.5 Å². The highest BCUT2D eigenvalue weighted by Gasteiger charge is 2.17. The van der Waals surface area contributed by atoms with Gasteiger partial charge in [-0.3, -0.25) is 9.36 Å². The molecule has 1 heterocycles. The third kappa shape index (κ3) is 2.63. The highest BCUT2D eigenvalue weighted by atomic mass is 35.5. The zero-order chi connectivity index (χ0) is 14.2. The summed E-state index contributed by atoms with van der Waals surface area (Å²) in [5, 5.41) is 9.65. The van der Waals surface area contributed by atoms with Crippen molar-refractivity contribution >= 4 is 17.6 Å². The van der Waals surface area contributed by atoms with Gasteiger partial charge in [0.1, 0.15) is 5.82 Å². The molecule has 0 aliphatic rings. The zero-order valence-corrected chi connectivity index (χ0v) is 11.8. The molecule has 1 aromatic heterocycles. The van der Waals surface area contributed by atoms with Gasteiger partial charge in [0.15, 0.2) is 0 Å². The molecule has 2 rings (SSSR count). The van der Waals surface area contributed by atoms with Crippen molar-refractivity contribution in [3.05, 3.63) is 46.0 Å². The molecule has 1 N–H and O–H groups in total. The third-order valence-corrected chi connectivity index (χ3v) is 3.31. The highest BCUT2D eigenvalue weighted by Crippen LogP contribution is 2.24. The van der Waals surface area contributed by atoms with Gasteiger partial charge in [-0.1, -0.05) is 17.7 Å². The maximum Gasteiger partial charge on any atom is 0.309 e. The molecule has 0 saturated heterocycles. The van der Waals surface area contributed by atoms with Crippen molar-refractivity contribution in [2.75, 3.05) is 0 Å². The van der Waals surface area contributed by atoms with Crippen molar-refractivity contribution in [2.24, 2.45) is 0 Å². The second kappa shape index (κ2) is 5.05. The Labute approximate surface area is 116 Å². The van der Waals surface area contributed by atoms with Crippen LogP contribution in [0.15, 0.2) is 18.2 Å². The number of benzene rings is 1. The Morgan fingerprint density at radius 2 is 2.05 bits per heavy atom. The lowest BCUT2D eigenvalue weighted by Gasteiger charge is -2.13. The molecule has 1 aromatic carbocycles. The number of aryl methyl sites for hydroxylation is 3. The van der Waals surface area contributed by atoms with Crippen LogP contribution >= 0.6 is 11.6 Å². The average molecular weight is 279 g/mol. The fourth-order valence-corrected chi connectivity index (χ4v) is 2.37. The Morgan fingerprint density at radius 1 is 1.37 bits per heavy atom. The van der Waals surface area contributed by atoms with Crippen molar-refractivity contribution in [3.63, 3.8) is 0 Å². The number of hydrogen-bond acceptors (Lipinski definition) is 2. The summed E-state index contributed by atoms with van der Waals surface area (Å²) in [4.78, 5) is 15.4. The van der Waals surface area contributed by atoms with Crippen LogP contribution in [-0.4, -0.2) is 20.6 Å². The van der Waals surface area contributed by atoms with Gasteiger partial charge in [-0.2, -0.15) is 0 Å². The number of carboxylic acids is 1. The summed E-state index contributed by atoms with van der Waals surface area (Å²) in [5.41, 5.74) is 3.33. The Kier molecular flexibility index (Phi) is 3.62. The quantitative estimate of drug-likeness (QED) is 0.939. The lowest BCUT2D eigenvalue weighted by atomic mass is 10.1. The third-order valence-electron chi connectivity index (χ3n) is 3.07. The SMILES string of the molecule is Cc1ccc(Cl)cc1-n1c(C)nc(C)c1CC(=O)O. The first-order valence-electron chi connectivity index (χ1n) is 5.93. The second-order valence-corrected chi connectivity index (χ2v) is 4.96. The van der Waals surface area contributed by atoms with Crippen molar-refractivity contribution in [3.8, 4) is 5.69 Å². The molecule has 0 atom stereocenters. The molecule has 0 saturated carbocycles. The predicted molar refractivity (Wildman–Crippen MR) is 74.1 cm³/mol. The number of hydrogen-bond donors (Lipinski definition) is 1. The van der Waals surface area contributed by atoms with Gasteiger partial charge in [0.2, 0.25) is 0 Å². The number of carbonyl (C=O) groups is 1. The van der Waals surface area contributed by atoms with E-state index in [2.05, 4.69) is 4.98 Å². The summed E-state index contributed by atoms with van der Waals surface area (Å²) < 4.78 is 1.87. The normalized spacial score (nSPS) is 10.7. The topological polar surface area (TPSA) is 55.1 Å². The molecule has 4 nitrogen and oxygen atoms in total. The van der Waals surface area contributed by atoms with E-state index in [4.69, 9.17) is 16.7 Å². The minimum absolute atomic E-state index is 0.0569. The highest BCUT2D eigenvalue weighted by molar-refractivity contribution is 6.30. The van der Waals surface area contributed by atoms with Crippen LogP contribution in [0.25, 0.3) is 5.69 Å². The maximum atomic E-state index is 11.0. The standard InChI is InChI=1S/C14H15ClN2O2/c1-8-4-5-11(15)6-12(8)17-10(3)16-9(2)13(17)7-14(18)19/h4-6H,7H2,1-3H3,(H,18,19). The van der Waals surface area contributed by atoms with E-state index in [-0.39, 0.29) is 6.42 Å². The molecule has 0 unspecified atom stereocenters. The molecular weight excluding hydrogens is 264 g/mol. The molecular formula is C14H15ClN2O2. The molecule has 19 heavy (non-hydrogen) atoms. The fraction of sp³-hybridized carbons (Fsp3) is 0.286. The van der Waals surface area contributed by atoms with Crippen LogP contribution in [0.3, 0.4) is 0 Å². The van der Waals surface area contributed by atoms with Gasteiger partial charge in [0.05, 0.1) is 23.5 Å². The summed E-state index contributed by atoms with van der Waals surface area (Å²) in [6.45, 7) is 5.64. The average Bonchev–Trinajstić information content (AvgIpc) is 2.57. The van der Waals surface area contributed by atoms with Gasteiger partial charge in [0, 0.05) is 5.02 Å². The summed E-state index contributed by atoms with van der Waals surface area (Å²) in [7, 11) is 0. The van der Waals surface area contributed by atoms with Gasteiger partial charge >= 0.3 is 5.97 Å². The van der Waals surface area contributed by atoms with E-state index >= 15 is 0 Å². The number of carboxylic acid groups (broad SMARTS) is 1. The van der Waals surface area contributed by atoms with Crippen LogP contribution in [0, 0.1) is 20.8 Å². The zero-order valence-electron chi connectivity index (χ0n) is 11.1.